The number of nitrogens with one attached hydrogen (secondary N) is 1. The predicted molar refractivity (Wildman–Crippen MR) is 85.9 cm³/mol. The second kappa shape index (κ2) is 6.93. The maximum absolute atomic E-state index is 12.2. The second-order valence-electron chi connectivity index (χ2n) is 5.39. The van der Waals surface area contributed by atoms with Gasteiger partial charge in [-0.2, -0.15) is 0 Å². The van der Waals surface area contributed by atoms with Crippen LogP contribution >= 0.6 is 0 Å². The van der Waals surface area contributed by atoms with Crippen LogP contribution in [-0.2, 0) is 14.8 Å². The van der Waals surface area contributed by atoms with Gasteiger partial charge in [0.05, 0.1) is 11.9 Å². The summed E-state index contributed by atoms with van der Waals surface area (Å²) < 4.78 is 25.3. The van der Waals surface area contributed by atoms with E-state index in [1.165, 1.54) is 0 Å². The molecule has 6 heteroatoms. The van der Waals surface area contributed by atoms with Gasteiger partial charge in [-0.3, -0.25) is 9.10 Å². The number of rotatable bonds is 6. The molecule has 5 nitrogen and oxygen atoms in total. The fraction of sp³-hybridized carbons (Fsp3) is 0.533. The van der Waals surface area contributed by atoms with Crippen LogP contribution in [0.4, 0.5) is 5.69 Å². The SMILES string of the molecule is CC[C@@H](C)NC(=O)[C@@H](C)N(c1ccc(C)cc1)S(C)(=O)=O. The molecule has 0 unspecified atom stereocenters. The number of aryl methyl sites for hydroxylation is 1. The molecule has 0 radical (unpaired) electrons. The number of nitrogens with zero attached hydrogens (tertiary/aromatic N) is 1. The molecule has 0 spiro atoms. The zero-order valence-electron chi connectivity index (χ0n) is 13.3. The molecule has 1 aromatic carbocycles. The molecule has 1 N–H and O–H groups in total. The zero-order valence-corrected chi connectivity index (χ0v) is 14.1. The maximum atomic E-state index is 12.2. The normalized spacial score (nSPS) is 14.3. The standard InChI is InChI=1S/C15H24N2O3S/c1-6-12(3)16-15(18)13(4)17(21(5,19)20)14-9-7-11(2)8-10-14/h7-10,12-13H,6H2,1-5H3,(H,16,18)/t12-,13-/m1/s1. The smallest absolute Gasteiger partial charge is 0.243 e. The number of carbonyl (C=O) groups is 1. The number of benzene rings is 1. The lowest BCUT2D eigenvalue weighted by molar-refractivity contribution is -0.122. The molecule has 0 heterocycles. The Balaban J connectivity index is 3.09. The zero-order chi connectivity index (χ0) is 16.2. The van der Waals surface area contributed by atoms with Crippen LogP contribution in [0.1, 0.15) is 32.8 Å². The first-order valence-electron chi connectivity index (χ1n) is 7.03. The van der Waals surface area contributed by atoms with Gasteiger partial charge in [-0.25, -0.2) is 8.42 Å². The summed E-state index contributed by atoms with van der Waals surface area (Å²) in [6.45, 7) is 7.37. The van der Waals surface area contributed by atoms with E-state index in [2.05, 4.69) is 5.32 Å². The average molecular weight is 312 g/mol. The van der Waals surface area contributed by atoms with Crippen molar-refractivity contribution in [2.75, 3.05) is 10.6 Å². The van der Waals surface area contributed by atoms with E-state index in [1.807, 2.05) is 32.9 Å². The largest absolute Gasteiger partial charge is 0.352 e. The predicted octanol–water partition coefficient (Wildman–Crippen LogP) is 2.06. The van der Waals surface area contributed by atoms with Crippen LogP contribution in [0.15, 0.2) is 24.3 Å². The highest BCUT2D eigenvalue weighted by Gasteiger charge is 2.29. The van der Waals surface area contributed by atoms with Gasteiger partial charge in [0.15, 0.2) is 0 Å². The first-order chi connectivity index (χ1) is 9.66. The van der Waals surface area contributed by atoms with E-state index in [0.29, 0.717) is 5.69 Å². The molecule has 2 atom stereocenters. The van der Waals surface area contributed by atoms with E-state index in [0.717, 1.165) is 22.5 Å². The van der Waals surface area contributed by atoms with Crippen molar-refractivity contribution in [2.45, 2.75) is 46.2 Å². The van der Waals surface area contributed by atoms with Crippen LogP contribution in [0.3, 0.4) is 0 Å². The Morgan fingerprint density at radius 3 is 2.19 bits per heavy atom. The third kappa shape index (κ3) is 4.74. The highest BCUT2D eigenvalue weighted by atomic mass is 32.2. The van der Waals surface area contributed by atoms with Crippen LogP contribution in [0.25, 0.3) is 0 Å². The van der Waals surface area contributed by atoms with Crippen molar-refractivity contribution < 1.29 is 13.2 Å². The Morgan fingerprint density at radius 2 is 1.76 bits per heavy atom. The second-order valence-corrected chi connectivity index (χ2v) is 7.25. The Labute approximate surface area is 127 Å². The minimum Gasteiger partial charge on any atom is -0.352 e. The van der Waals surface area contributed by atoms with E-state index >= 15 is 0 Å². The summed E-state index contributed by atoms with van der Waals surface area (Å²) in [5.74, 6) is -0.296. The first-order valence-corrected chi connectivity index (χ1v) is 8.88. The average Bonchev–Trinajstić information content (AvgIpc) is 2.39. The quantitative estimate of drug-likeness (QED) is 0.874. The third-order valence-corrected chi connectivity index (χ3v) is 4.62. The molecule has 0 bridgehead atoms. The van der Waals surface area contributed by atoms with Gasteiger partial charge in [0.25, 0.3) is 0 Å². The summed E-state index contributed by atoms with van der Waals surface area (Å²) in [7, 11) is -3.55. The topological polar surface area (TPSA) is 66.5 Å². The van der Waals surface area contributed by atoms with E-state index in [1.54, 1.807) is 19.1 Å². The fourth-order valence-electron chi connectivity index (χ4n) is 1.97. The van der Waals surface area contributed by atoms with E-state index < -0.39 is 16.1 Å². The molecule has 0 aliphatic rings. The molecule has 0 aliphatic carbocycles. The number of hydrogen-bond acceptors (Lipinski definition) is 3. The summed E-state index contributed by atoms with van der Waals surface area (Å²) in [6.07, 6.45) is 1.90. The summed E-state index contributed by atoms with van der Waals surface area (Å²) in [5, 5.41) is 2.82. The number of carbonyl (C=O) groups excluding carboxylic acids is 1. The minimum absolute atomic E-state index is 0.0133. The number of hydrogen-bond donors (Lipinski definition) is 1. The Hall–Kier alpha value is -1.56. The van der Waals surface area contributed by atoms with Crippen molar-refractivity contribution in [3.05, 3.63) is 29.8 Å². The molecule has 1 amide bonds. The fourth-order valence-corrected chi connectivity index (χ4v) is 3.14. The molecule has 0 aliphatic heterocycles. The summed E-state index contributed by atoms with van der Waals surface area (Å²) in [6, 6.07) is 6.29. The van der Waals surface area contributed by atoms with Crippen molar-refractivity contribution in [3.8, 4) is 0 Å². The highest BCUT2D eigenvalue weighted by molar-refractivity contribution is 7.92. The molecule has 0 saturated heterocycles. The number of sulfonamides is 1. The molecule has 21 heavy (non-hydrogen) atoms. The van der Waals surface area contributed by atoms with Crippen LogP contribution in [0, 0.1) is 6.92 Å². The van der Waals surface area contributed by atoms with Gasteiger partial charge in [0.2, 0.25) is 15.9 Å². The van der Waals surface area contributed by atoms with Gasteiger partial charge in [-0.15, -0.1) is 0 Å². The van der Waals surface area contributed by atoms with Crippen molar-refractivity contribution >= 4 is 21.6 Å². The van der Waals surface area contributed by atoms with Gasteiger partial charge in [0.1, 0.15) is 6.04 Å². The summed E-state index contributed by atoms with van der Waals surface area (Å²) >= 11 is 0. The van der Waals surface area contributed by atoms with Crippen molar-refractivity contribution in [3.63, 3.8) is 0 Å². The molecule has 1 rings (SSSR count). The monoisotopic (exact) mass is 312 g/mol. The third-order valence-electron chi connectivity index (χ3n) is 3.38. The molecular formula is C15H24N2O3S. The molecule has 0 aromatic heterocycles. The summed E-state index contributed by atoms with van der Waals surface area (Å²) in [4.78, 5) is 12.2. The van der Waals surface area contributed by atoms with Crippen LogP contribution < -0.4 is 9.62 Å². The van der Waals surface area contributed by atoms with E-state index in [4.69, 9.17) is 0 Å². The summed E-state index contributed by atoms with van der Waals surface area (Å²) in [5.41, 5.74) is 1.53. The van der Waals surface area contributed by atoms with Crippen molar-refractivity contribution in [2.24, 2.45) is 0 Å². The van der Waals surface area contributed by atoms with Crippen LogP contribution in [0.2, 0.25) is 0 Å². The molecule has 1 aromatic rings. The van der Waals surface area contributed by atoms with Crippen molar-refractivity contribution in [1.29, 1.82) is 0 Å². The van der Waals surface area contributed by atoms with Gasteiger partial charge in [0, 0.05) is 6.04 Å². The minimum atomic E-state index is -3.55. The molecule has 0 saturated carbocycles. The molecule has 118 valence electrons. The van der Waals surface area contributed by atoms with Gasteiger partial charge < -0.3 is 5.32 Å². The van der Waals surface area contributed by atoms with Crippen LogP contribution in [0.5, 0.6) is 0 Å². The number of anilines is 1. The van der Waals surface area contributed by atoms with E-state index in [9.17, 15) is 13.2 Å². The Kier molecular flexibility index (Phi) is 5.78. The number of amides is 1. The lowest BCUT2D eigenvalue weighted by Crippen LogP contribution is -2.49. The first kappa shape index (κ1) is 17.5. The van der Waals surface area contributed by atoms with Gasteiger partial charge in [-0.1, -0.05) is 24.6 Å². The van der Waals surface area contributed by atoms with Crippen LogP contribution in [-0.4, -0.2) is 32.7 Å². The molecule has 0 fully saturated rings. The lowest BCUT2D eigenvalue weighted by Gasteiger charge is -2.29. The van der Waals surface area contributed by atoms with E-state index in [-0.39, 0.29) is 11.9 Å². The lowest BCUT2D eigenvalue weighted by atomic mass is 10.2. The van der Waals surface area contributed by atoms with Crippen molar-refractivity contribution in [1.82, 2.24) is 5.32 Å². The van der Waals surface area contributed by atoms with Gasteiger partial charge in [-0.05, 0) is 39.3 Å². The Bertz CT molecular complexity index is 581. The van der Waals surface area contributed by atoms with Gasteiger partial charge >= 0.3 is 0 Å². The highest BCUT2D eigenvalue weighted by Crippen LogP contribution is 2.21. The molecular weight excluding hydrogens is 288 g/mol. The maximum Gasteiger partial charge on any atom is 0.243 e. The Morgan fingerprint density at radius 1 is 1.24 bits per heavy atom.